The van der Waals surface area contributed by atoms with Crippen molar-refractivity contribution >= 4 is 17.7 Å². The van der Waals surface area contributed by atoms with E-state index in [4.69, 9.17) is 4.74 Å². The van der Waals surface area contributed by atoms with Crippen LogP contribution in [0.5, 0.6) is 0 Å². The molecule has 1 aliphatic heterocycles. The molecule has 1 aliphatic rings. The summed E-state index contributed by atoms with van der Waals surface area (Å²) >= 11 is 0. The van der Waals surface area contributed by atoms with Crippen molar-refractivity contribution in [1.29, 1.82) is 0 Å². The molecule has 5 nitrogen and oxygen atoms in total. The predicted octanol–water partition coefficient (Wildman–Crippen LogP) is 2.23. The van der Waals surface area contributed by atoms with Crippen molar-refractivity contribution in [2.24, 2.45) is 0 Å². The number of rotatable bonds is 4. The topological polar surface area (TPSA) is 58.6 Å². The van der Waals surface area contributed by atoms with Gasteiger partial charge in [-0.3, -0.25) is 4.90 Å². The van der Waals surface area contributed by atoms with Gasteiger partial charge in [0.1, 0.15) is 18.2 Å². The highest BCUT2D eigenvalue weighted by molar-refractivity contribution is 5.97. The molecule has 0 bridgehead atoms. The van der Waals surface area contributed by atoms with E-state index in [0.717, 1.165) is 11.0 Å². The molecule has 0 radical (unpaired) electrons. The van der Waals surface area contributed by atoms with Crippen molar-refractivity contribution in [3.05, 3.63) is 41.5 Å². The first-order chi connectivity index (χ1) is 10.0. The van der Waals surface area contributed by atoms with Crippen LogP contribution in [-0.2, 0) is 4.74 Å². The molecule has 1 N–H and O–H groups in total. The molecule has 0 unspecified atom stereocenters. The number of hydrogen-bond acceptors (Lipinski definition) is 3. The Bertz CT molecular complexity index is 602. The third-order valence-corrected chi connectivity index (χ3v) is 2.95. The summed E-state index contributed by atoms with van der Waals surface area (Å²) in [6.07, 6.45) is 3.25. The normalized spacial score (nSPS) is 14.6. The lowest BCUT2D eigenvalue weighted by Gasteiger charge is -2.16. The lowest BCUT2D eigenvalue weighted by molar-refractivity contribution is 0.0544. The van der Waals surface area contributed by atoms with Crippen molar-refractivity contribution < 1.29 is 23.1 Å². The third-order valence-electron chi connectivity index (χ3n) is 2.95. The van der Waals surface area contributed by atoms with Gasteiger partial charge in [0.2, 0.25) is 0 Å². The summed E-state index contributed by atoms with van der Waals surface area (Å²) in [5, 5.41) is 2.50. The van der Waals surface area contributed by atoms with Crippen molar-refractivity contribution in [3.63, 3.8) is 0 Å². The van der Waals surface area contributed by atoms with Crippen LogP contribution in [0.2, 0.25) is 0 Å². The molecule has 0 atom stereocenters. The summed E-state index contributed by atoms with van der Waals surface area (Å²) in [6, 6.07) is 1.08. The van der Waals surface area contributed by atoms with E-state index >= 15 is 0 Å². The van der Waals surface area contributed by atoms with Gasteiger partial charge >= 0.3 is 12.0 Å². The Morgan fingerprint density at radius 1 is 1.43 bits per heavy atom. The number of allylic oxidation sites excluding steroid dienone is 1. The van der Waals surface area contributed by atoms with E-state index in [0.29, 0.717) is 12.6 Å². The smallest absolute Gasteiger partial charge is 0.341 e. The molecule has 1 fully saturated rings. The number of nitrogens with zero attached hydrogens (tertiary/aromatic N) is 1. The van der Waals surface area contributed by atoms with Crippen molar-refractivity contribution in [1.82, 2.24) is 5.32 Å². The Morgan fingerprint density at radius 3 is 2.81 bits per heavy atom. The maximum Gasteiger partial charge on any atom is 0.341 e. The number of amides is 2. The van der Waals surface area contributed by atoms with E-state index in [9.17, 15) is 18.4 Å². The largest absolute Gasteiger partial charge is 0.458 e. The van der Waals surface area contributed by atoms with E-state index in [1.54, 1.807) is 19.1 Å². The van der Waals surface area contributed by atoms with Crippen LogP contribution in [0.1, 0.15) is 17.3 Å². The molecule has 7 heteroatoms. The van der Waals surface area contributed by atoms with Gasteiger partial charge in [0.05, 0.1) is 11.3 Å². The first-order valence-electron chi connectivity index (χ1n) is 6.37. The number of anilines is 1. The van der Waals surface area contributed by atoms with E-state index in [2.05, 4.69) is 5.32 Å². The molecule has 1 aromatic rings. The van der Waals surface area contributed by atoms with Gasteiger partial charge in [-0.05, 0) is 13.0 Å². The minimum atomic E-state index is -1.03. The van der Waals surface area contributed by atoms with Gasteiger partial charge in [0, 0.05) is 19.2 Å². The van der Waals surface area contributed by atoms with E-state index in [-0.39, 0.29) is 18.8 Å². The number of hydrogen-bond donors (Lipinski definition) is 1. The van der Waals surface area contributed by atoms with Crippen LogP contribution in [0.4, 0.5) is 19.3 Å². The standard InChI is InChI=1S/C14H14F2N2O3/c1-2-3-6-21-13(19)9-7-12(11(16)8-10(9)15)18-5-4-17-14(18)20/h2-3,7-8H,4-6H2,1H3,(H,17,20)/b3-2+. The first kappa shape index (κ1) is 15.0. The second-order valence-electron chi connectivity index (χ2n) is 4.33. The number of esters is 1. The molecule has 2 amide bonds. The van der Waals surface area contributed by atoms with Crippen LogP contribution < -0.4 is 10.2 Å². The fraction of sp³-hybridized carbons (Fsp3) is 0.286. The van der Waals surface area contributed by atoms with Crippen LogP contribution in [0.3, 0.4) is 0 Å². The number of ether oxygens (including phenoxy) is 1. The quantitative estimate of drug-likeness (QED) is 0.684. The van der Waals surface area contributed by atoms with Gasteiger partial charge in [0.25, 0.3) is 0 Å². The number of urea groups is 1. The van der Waals surface area contributed by atoms with Gasteiger partial charge in [-0.2, -0.15) is 0 Å². The highest BCUT2D eigenvalue weighted by atomic mass is 19.1. The summed E-state index contributed by atoms with van der Waals surface area (Å²) in [6.45, 7) is 2.34. The van der Waals surface area contributed by atoms with Gasteiger partial charge in [0.15, 0.2) is 0 Å². The highest BCUT2D eigenvalue weighted by Gasteiger charge is 2.26. The van der Waals surface area contributed by atoms with E-state index in [1.165, 1.54) is 0 Å². The van der Waals surface area contributed by atoms with E-state index < -0.39 is 29.2 Å². The summed E-state index contributed by atoms with van der Waals surface area (Å²) in [5.74, 6) is -2.85. The summed E-state index contributed by atoms with van der Waals surface area (Å²) in [7, 11) is 0. The summed E-state index contributed by atoms with van der Waals surface area (Å²) in [4.78, 5) is 24.4. The molecule has 0 aliphatic carbocycles. The zero-order valence-corrected chi connectivity index (χ0v) is 11.4. The van der Waals surface area contributed by atoms with Crippen molar-refractivity contribution in [2.45, 2.75) is 6.92 Å². The summed E-state index contributed by atoms with van der Waals surface area (Å²) < 4.78 is 32.3. The SMILES string of the molecule is C/C=C/COC(=O)c1cc(N2CCNC2=O)c(F)cc1F. The Labute approximate surface area is 120 Å². The molecule has 1 saturated heterocycles. The van der Waals surface area contributed by atoms with Crippen LogP contribution in [0.25, 0.3) is 0 Å². The molecular weight excluding hydrogens is 282 g/mol. The maximum atomic E-state index is 13.8. The summed E-state index contributed by atoms with van der Waals surface area (Å²) in [5.41, 5.74) is -0.556. The monoisotopic (exact) mass is 296 g/mol. The Balaban J connectivity index is 2.29. The maximum absolute atomic E-state index is 13.8. The van der Waals surface area contributed by atoms with Crippen LogP contribution >= 0.6 is 0 Å². The Kier molecular flexibility index (Phi) is 4.52. The van der Waals surface area contributed by atoms with Gasteiger partial charge in [-0.1, -0.05) is 12.2 Å². The fourth-order valence-electron chi connectivity index (χ4n) is 1.90. The van der Waals surface area contributed by atoms with Crippen LogP contribution in [-0.4, -0.2) is 31.7 Å². The second-order valence-corrected chi connectivity index (χ2v) is 4.33. The zero-order valence-electron chi connectivity index (χ0n) is 11.4. The molecule has 21 heavy (non-hydrogen) atoms. The minimum Gasteiger partial charge on any atom is -0.458 e. The first-order valence-corrected chi connectivity index (χ1v) is 6.37. The predicted molar refractivity (Wildman–Crippen MR) is 72.2 cm³/mol. The Hall–Kier alpha value is -2.44. The number of carbonyl (C=O) groups excluding carboxylic acids is 2. The highest BCUT2D eigenvalue weighted by Crippen LogP contribution is 2.25. The molecule has 0 saturated carbocycles. The Morgan fingerprint density at radius 2 is 2.19 bits per heavy atom. The molecule has 1 heterocycles. The molecule has 0 aromatic heterocycles. The number of nitrogens with one attached hydrogen (secondary N) is 1. The molecular formula is C14H14F2N2O3. The minimum absolute atomic E-state index is 0.00825. The molecule has 2 rings (SSSR count). The van der Waals surface area contributed by atoms with Crippen molar-refractivity contribution in [3.8, 4) is 0 Å². The number of halogens is 2. The van der Waals surface area contributed by atoms with Gasteiger partial charge in [-0.15, -0.1) is 0 Å². The third kappa shape index (κ3) is 3.18. The van der Waals surface area contributed by atoms with Crippen LogP contribution in [0.15, 0.2) is 24.3 Å². The lowest BCUT2D eigenvalue weighted by Crippen LogP contribution is -2.29. The average Bonchev–Trinajstić information content (AvgIpc) is 2.85. The fourth-order valence-corrected chi connectivity index (χ4v) is 1.90. The second kappa shape index (κ2) is 6.34. The molecule has 1 aromatic carbocycles. The van der Waals surface area contributed by atoms with Crippen molar-refractivity contribution in [2.75, 3.05) is 24.6 Å². The van der Waals surface area contributed by atoms with E-state index in [1.807, 2.05) is 0 Å². The van der Waals surface area contributed by atoms with Gasteiger partial charge < -0.3 is 10.1 Å². The number of carbonyl (C=O) groups is 2. The lowest BCUT2D eigenvalue weighted by atomic mass is 10.1. The number of benzene rings is 1. The van der Waals surface area contributed by atoms with Gasteiger partial charge in [-0.25, -0.2) is 18.4 Å². The van der Waals surface area contributed by atoms with Crippen LogP contribution in [0, 0.1) is 11.6 Å². The zero-order chi connectivity index (χ0) is 15.4. The molecule has 112 valence electrons. The molecule has 0 spiro atoms. The average molecular weight is 296 g/mol.